The van der Waals surface area contributed by atoms with Gasteiger partial charge in [0.25, 0.3) is 0 Å². The van der Waals surface area contributed by atoms with Crippen molar-refractivity contribution in [3.8, 4) is 0 Å². The Balaban J connectivity index is 2.75. The van der Waals surface area contributed by atoms with Crippen LogP contribution in [0.15, 0.2) is 6.20 Å². The van der Waals surface area contributed by atoms with Crippen LogP contribution < -0.4 is 5.73 Å². The Bertz CT molecular complexity index is 330. The number of hydrogen-bond acceptors (Lipinski definition) is 3. The second-order valence-corrected chi connectivity index (χ2v) is 3.71. The van der Waals surface area contributed by atoms with Crippen molar-refractivity contribution in [3.63, 3.8) is 0 Å². The number of carbonyl (C=O) groups is 1. The first-order valence-electron chi connectivity index (χ1n) is 4.87. The lowest BCUT2D eigenvalue weighted by atomic mass is 9.99. The number of nitrogen functional groups attached to an aromatic ring is 1. The van der Waals surface area contributed by atoms with Gasteiger partial charge in [-0.25, -0.2) is 0 Å². The number of carbonyl (C=O) groups excluding carboxylic acids is 1. The van der Waals surface area contributed by atoms with Crippen LogP contribution in [0.2, 0.25) is 0 Å². The number of anilines is 1. The number of Topliss-reactive ketones (excluding diaryl/α,β-unsaturated/α-hetero) is 1. The van der Waals surface area contributed by atoms with E-state index in [-0.39, 0.29) is 5.78 Å². The van der Waals surface area contributed by atoms with Gasteiger partial charge in [0.2, 0.25) is 0 Å². The molecule has 1 rings (SSSR count). The van der Waals surface area contributed by atoms with Crippen molar-refractivity contribution in [3.05, 3.63) is 11.8 Å². The van der Waals surface area contributed by atoms with Gasteiger partial charge in [-0.2, -0.15) is 5.10 Å². The lowest BCUT2D eigenvalue weighted by Gasteiger charge is -2.06. The molecule has 1 atom stereocenters. The van der Waals surface area contributed by atoms with E-state index in [4.69, 9.17) is 5.73 Å². The third-order valence-corrected chi connectivity index (χ3v) is 2.52. The molecule has 1 heterocycles. The average molecular weight is 195 g/mol. The Morgan fingerprint density at radius 2 is 2.36 bits per heavy atom. The summed E-state index contributed by atoms with van der Waals surface area (Å²) in [4.78, 5) is 11.7. The maximum atomic E-state index is 11.7. The second kappa shape index (κ2) is 4.26. The van der Waals surface area contributed by atoms with Gasteiger partial charge < -0.3 is 5.73 Å². The molecule has 14 heavy (non-hydrogen) atoms. The van der Waals surface area contributed by atoms with Gasteiger partial charge in [-0.3, -0.25) is 9.48 Å². The molecule has 0 bridgehead atoms. The molecule has 1 unspecified atom stereocenters. The fourth-order valence-electron chi connectivity index (χ4n) is 1.23. The number of aromatic nitrogens is 2. The first kappa shape index (κ1) is 10.8. The number of rotatable bonds is 4. The van der Waals surface area contributed by atoms with E-state index >= 15 is 0 Å². The summed E-state index contributed by atoms with van der Waals surface area (Å²) in [6.07, 6.45) is 3.10. The lowest BCUT2D eigenvalue weighted by molar-refractivity contribution is 0.0964. The third-order valence-electron chi connectivity index (χ3n) is 2.52. The standard InChI is InChI=1S/C10H17N3O/c1-4-7(2)5-9(14)8-6-12-13(3)10(8)11/h6-7H,4-5,11H2,1-3H3. The first-order chi connectivity index (χ1) is 6.56. The summed E-state index contributed by atoms with van der Waals surface area (Å²) < 4.78 is 1.52. The van der Waals surface area contributed by atoms with Crippen molar-refractivity contribution in [1.82, 2.24) is 9.78 Å². The molecule has 4 nitrogen and oxygen atoms in total. The molecule has 0 saturated heterocycles. The molecule has 4 heteroatoms. The Morgan fingerprint density at radius 3 is 2.79 bits per heavy atom. The number of ketones is 1. The summed E-state index contributed by atoms with van der Waals surface area (Å²) in [5, 5.41) is 3.94. The number of aryl methyl sites for hydroxylation is 1. The number of nitrogens with zero attached hydrogens (tertiary/aromatic N) is 2. The summed E-state index contributed by atoms with van der Waals surface area (Å²) in [6, 6.07) is 0. The van der Waals surface area contributed by atoms with E-state index in [9.17, 15) is 4.79 Å². The van der Waals surface area contributed by atoms with Gasteiger partial charge in [0, 0.05) is 13.5 Å². The summed E-state index contributed by atoms with van der Waals surface area (Å²) >= 11 is 0. The van der Waals surface area contributed by atoms with Gasteiger partial charge in [0.05, 0.1) is 11.8 Å². The van der Waals surface area contributed by atoms with Crippen LogP contribution in [0.25, 0.3) is 0 Å². The molecule has 78 valence electrons. The van der Waals surface area contributed by atoms with Crippen LogP contribution >= 0.6 is 0 Å². The number of nitrogens with two attached hydrogens (primary N) is 1. The minimum atomic E-state index is 0.0879. The van der Waals surface area contributed by atoms with Crippen molar-refractivity contribution in [2.75, 3.05) is 5.73 Å². The fourth-order valence-corrected chi connectivity index (χ4v) is 1.23. The normalized spacial score (nSPS) is 12.8. The smallest absolute Gasteiger partial charge is 0.168 e. The zero-order valence-electron chi connectivity index (χ0n) is 8.95. The molecule has 1 aromatic heterocycles. The van der Waals surface area contributed by atoms with Crippen molar-refractivity contribution >= 4 is 11.6 Å². The van der Waals surface area contributed by atoms with E-state index in [2.05, 4.69) is 18.9 Å². The van der Waals surface area contributed by atoms with Gasteiger partial charge in [-0.15, -0.1) is 0 Å². The average Bonchev–Trinajstić information content (AvgIpc) is 2.47. The highest BCUT2D eigenvalue weighted by molar-refractivity contribution is 5.99. The monoisotopic (exact) mass is 195 g/mol. The quantitative estimate of drug-likeness (QED) is 0.743. The van der Waals surface area contributed by atoms with Crippen LogP contribution in [0, 0.1) is 5.92 Å². The van der Waals surface area contributed by atoms with E-state index in [1.807, 2.05) is 0 Å². The van der Waals surface area contributed by atoms with Crippen LogP contribution in [-0.4, -0.2) is 15.6 Å². The van der Waals surface area contributed by atoms with Gasteiger partial charge in [0.1, 0.15) is 5.82 Å². The van der Waals surface area contributed by atoms with Gasteiger partial charge in [0.15, 0.2) is 5.78 Å². The predicted molar refractivity (Wildman–Crippen MR) is 56.0 cm³/mol. The molecule has 0 aliphatic heterocycles. The van der Waals surface area contributed by atoms with Crippen LogP contribution in [0.1, 0.15) is 37.0 Å². The molecule has 0 aliphatic rings. The molecule has 0 amide bonds. The minimum Gasteiger partial charge on any atom is -0.383 e. The van der Waals surface area contributed by atoms with Crippen molar-refractivity contribution in [2.45, 2.75) is 26.7 Å². The molecule has 0 saturated carbocycles. The molecule has 0 aromatic carbocycles. The molecular weight excluding hydrogens is 178 g/mol. The molecule has 1 aromatic rings. The van der Waals surface area contributed by atoms with Crippen LogP contribution in [-0.2, 0) is 7.05 Å². The Labute approximate surface area is 84.1 Å². The summed E-state index contributed by atoms with van der Waals surface area (Å²) in [6.45, 7) is 4.13. The summed E-state index contributed by atoms with van der Waals surface area (Å²) in [7, 11) is 1.73. The molecule has 0 fully saturated rings. The topological polar surface area (TPSA) is 60.9 Å². The van der Waals surface area contributed by atoms with Crippen molar-refractivity contribution in [1.29, 1.82) is 0 Å². The van der Waals surface area contributed by atoms with E-state index in [1.165, 1.54) is 4.68 Å². The van der Waals surface area contributed by atoms with E-state index in [0.717, 1.165) is 6.42 Å². The highest BCUT2D eigenvalue weighted by Gasteiger charge is 2.15. The van der Waals surface area contributed by atoms with Crippen molar-refractivity contribution in [2.24, 2.45) is 13.0 Å². The van der Waals surface area contributed by atoms with Gasteiger partial charge >= 0.3 is 0 Å². The van der Waals surface area contributed by atoms with Crippen LogP contribution in [0.4, 0.5) is 5.82 Å². The van der Waals surface area contributed by atoms with Gasteiger partial charge in [-0.05, 0) is 5.92 Å². The van der Waals surface area contributed by atoms with Gasteiger partial charge in [-0.1, -0.05) is 20.3 Å². The van der Waals surface area contributed by atoms with Crippen LogP contribution in [0.3, 0.4) is 0 Å². The second-order valence-electron chi connectivity index (χ2n) is 3.71. The largest absolute Gasteiger partial charge is 0.383 e. The molecular formula is C10H17N3O. The zero-order valence-corrected chi connectivity index (χ0v) is 8.95. The van der Waals surface area contributed by atoms with E-state index in [1.54, 1.807) is 13.2 Å². The summed E-state index contributed by atoms with van der Waals surface area (Å²) in [5.74, 6) is 0.949. The minimum absolute atomic E-state index is 0.0879. The molecule has 0 spiro atoms. The SMILES string of the molecule is CCC(C)CC(=O)c1cnn(C)c1N. The van der Waals surface area contributed by atoms with Crippen LogP contribution in [0.5, 0.6) is 0 Å². The van der Waals surface area contributed by atoms with E-state index in [0.29, 0.717) is 23.7 Å². The maximum Gasteiger partial charge on any atom is 0.168 e. The molecule has 0 radical (unpaired) electrons. The third kappa shape index (κ3) is 2.13. The van der Waals surface area contributed by atoms with Crippen molar-refractivity contribution < 1.29 is 4.79 Å². The highest BCUT2D eigenvalue weighted by Crippen LogP contribution is 2.16. The first-order valence-corrected chi connectivity index (χ1v) is 4.87. The highest BCUT2D eigenvalue weighted by atomic mass is 16.1. The predicted octanol–water partition coefficient (Wildman–Crippen LogP) is 1.62. The molecule has 2 N–H and O–H groups in total. The fraction of sp³-hybridized carbons (Fsp3) is 0.600. The lowest BCUT2D eigenvalue weighted by Crippen LogP contribution is -2.08. The maximum absolute atomic E-state index is 11.7. The number of hydrogen-bond donors (Lipinski definition) is 1. The molecule has 0 aliphatic carbocycles. The Kier molecular flexibility index (Phi) is 3.28. The Morgan fingerprint density at radius 1 is 1.71 bits per heavy atom. The zero-order chi connectivity index (χ0) is 10.7. The Hall–Kier alpha value is -1.32. The van der Waals surface area contributed by atoms with E-state index < -0.39 is 0 Å². The summed E-state index contributed by atoms with van der Waals surface area (Å²) in [5.41, 5.74) is 6.25.